The number of rotatable bonds is 8. The summed E-state index contributed by atoms with van der Waals surface area (Å²) in [6, 6.07) is 12.3. The molecule has 0 aliphatic carbocycles. The Labute approximate surface area is 166 Å². The molecule has 0 N–H and O–H groups in total. The van der Waals surface area contributed by atoms with Gasteiger partial charge in [0, 0.05) is 23.9 Å². The van der Waals surface area contributed by atoms with E-state index in [4.69, 9.17) is 11.6 Å². The molecule has 0 saturated carbocycles. The SMILES string of the molecule is CCC(CC)N(Cc1ccc(S(C)(=O)=O)cc1)S(=O)(=O)c1ccc(Cl)cc1. The quantitative estimate of drug-likeness (QED) is 0.632. The normalized spacial score (nSPS) is 12.7. The van der Waals surface area contributed by atoms with E-state index in [1.807, 2.05) is 13.8 Å². The number of sulfonamides is 1. The number of nitrogens with zero attached hydrogens (tertiary/aromatic N) is 1. The highest BCUT2D eigenvalue weighted by Crippen LogP contribution is 2.25. The molecule has 0 aromatic heterocycles. The van der Waals surface area contributed by atoms with Crippen LogP contribution < -0.4 is 0 Å². The molecule has 0 heterocycles. The number of sulfone groups is 1. The summed E-state index contributed by atoms with van der Waals surface area (Å²) >= 11 is 5.88. The third-order valence-corrected chi connectivity index (χ3v) is 7.75. The van der Waals surface area contributed by atoms with Gasteiger partial charge in [0.2, 0.25) is 10.0 Å². The zero-order valence-electron chi connectivity index (χ0n) is 15.6. The van der Waals surface area contributed by atoms with Gasteiger partial charge in [-0.3, -0.25) is 0 Å². The summed E-state index contributed by atoms with van der Waals surface area (Å²) in [5.41, 5.74) is 0.729. The molecule has 0 aliphatic heterocycles. The van der Waals surface area contributed by atoms with Crippen molar-refractivity contribution in [2.45, 2.75) is 49.1 Å². The summed E-state index contributed by atoms with van der Waals surface area (Å²) in [6.45, 7) is 4.07. The van der Waals surface area contributed by atoms with Gasteiger partial charge >= 0.3 is 0 Å². The number of hydrogen-bond acceptors (Lipinski definition) is 4. The third kappa shape index (κ3) is 5.31. The lowest BCUT2D eigenvalue weighted by atomic mass is 10.1. The lowest BCUT2D eigenvalue weighted by Gasteiger charge is -2.30. The van der Waals surface area contributed by atoms with Crippen LogP contribution in [0.3, 0.4) is 0 Å². The predicted octanol–water partition coefficient (Wildman–Crippen LogP) is 4.12. The van der Waals surface area contributed by atoms with Crippen molar-refractivity contribution in [1.29, 1.82) is 0 Å². The maximum absolute atomic E-state index is 13.2. The first-order valence-corrected chi connectivity index (χ1v) is 12.4. The molecule has 0 saturated heterocycles. The fraction of sp³-hybridized carbons (Fsp3) is 0.368. The maximum Gasteiger partial charge on any atom is 0.243 e. The Morgan fingerprint density at radius 2 is 1.33 bits per heavy atom. The average Bonchev–Trinajstić information content (AvgIpc) is 2.62. The van der Waals surface area contributed by atoms with Crippen LogP contribution in [0.25, 0.3) is 0 Å². The van der Waals surface area contributed by atoms with Crippen molar-refractivity contribution in [3.63, 3.8) is 0 Å². The molecule has 2 aromatic carbocycles. The van der Waals surface area contributed by atoms with Gasteiger partial charge in [-0.05, 0) is 54.8 Å². The van der Waals surface area contributed by atoms with E-state index >= 15 is 0 Å². The van der Waals surface area contributed by atoms with Crippen LogP contribution in [0.2, 0.25) is 5.02 Å². The van der Waals surface area contributed by atoms with E-state index in [2.05, 4.69) is 0 Å². The summed E-state index contributed by atoms with van der Waals surface area (Å²) in [5, 5.41) is 0.472. The van der Waals surface area contributed by atoms with Crippen molar-refractivity contribution in [3.8, 4) is 0 Å². The number of hydrogen-bond donors (Lipinski definition) is 0. The van der Waals surface area contributed by atoms with E-state index in [1.54, 1.807) is 24.3 Å². The van der Waals surface area contributed by atoms with Crippen LogP contribution in [0, 0.1) is 0 Å². The summed E-state index contributed by atoms with van der Waals surface area (Å²) in [5.74, 6) is 0. The Kier molecular flexibility index (Phi) is 7.08. The van der Waals surface area contributed by atoms with E-state index in [-0.39, 0.29) is 22.4 Å². The van der Waals surface area contributed by atoms with Crippen molar-refractivity contribution in [3.05, 3.63) is 59.1 Å². The molecular weight excluding hydrogens is 406 g/mol. The van der Waals surface area contributed by atoms with Crippen LogP contribution in [0.15, 0.2) is 58.3 Å². The molecule has 0 spiro atoms. The lowest BCUT2D eigenvalue weighted by molar-refractivity contribution is 0.297. The Hall–Kier alpha value is -1.41. The first-order chi connectivity index (χ1) is 12.6. The van der Waals surface area contributed by atoms with Crippen molar-refractivity contribution in [2.24, 2.45) is 0 Å². The topological polar surface area (TPSA) is 71.5 Å². The van der Waals surface area contributed by atoms with Gasteiger partial charge in [0.25, 0.3) is 0 Å². The average molecular weight is 430 g/mol. The van der Waals surface area contributed by atoms with Crippen molar-refractivity contribution >= 4 is 31.5 Å². The first-order valence-electron chi connectivity index (χ1n) is 8.66. The van der Waals surface area contributed by atoms with Gasteiger partial charge in [-0.1, -0.05) is 37.6 Å². The smallest absolute Gasteiger partial charge is 0.224 e. The van der Waals surface area contributed by atoms with Crippen molar-refractivity contribution in [1.82, 2.24) is 4.31 Å². The van der Waals surface area contributed by atoms with Crippen LogP contribution in [0.1, 0.15) is 32.3 Å². The van der Waals surface area contributed by atoms with Gasteiger partial charge in [0.15, 0.2) is 9.84 Å². The molecule has 148 valence electrons. The Morgan fingerprint density at radius 1 is 0.852 bits per heavy atom. The fourth-order valence-corrected chi connectivity index (χ4v) is 5.39. The number of benzene rings is 2. The Balaban J connectivity index is 2.41. The van der Waals surface area contributed by atoms with E-state index in [9.17, 15) is 16.8 Å². The standard InChI is InChI=1S/C19H24ClNO4S2/c1-4-17(5-2)21(27(24,25)19-12-8-16(20)9-13-19)14-15-6-10-18(11-7-15)26(3,22)23/h6-13,17H,4-5,14H2,1-3H3. The van der Waals surface area contributed by atoms with Gasteiger partial charge < -0.3 is 0 Å². The minimum Gasteiger partial charge on any atom is -0.224 e. The van der Waals surface area contributed by atoms with Crippen LogP contribution in [0.5, 0.6) is 0 Å². The van der Waals surface area contributed by atoms with E-state index in [0.29, 0.717) is 17.9 Å². The minimum absolute atomic E-state index is 0.166. The molecule has 0 bridgehead atoms. The molecule has 0 unspecified atom stereocenters. The van der Waals surface area contributed by atoms with Gasteiger partial charge in [-0.15, -0.1) is 0 Å². The minimum atomic E-state index is -3.72. The Morgan fingerprint density at radius 3 is 1.78 bits per heavy atom. The molecule has 0 fully saturated rings. The highest BCUT2D eigenvalue weighted by molar-refractivity contribution is 7.90. The fourth-order valence-electron chi connectivity index (χ4n) is 2.87. The molecule has 5 nitrogen and oxygen atoms in total. The molecule has 27 heavy (non-hydrogen) atoms. The molecule has 2 aromatic rings. The zero-order valence-corrected chi connectivity index (χ0v) is 18.0. The Bertz CT molecular complexity index is 965. The number of halogens is 1. The maximum atomic E-state index is 13.2. The second kappa shape index (κ2) is 8.73. The monoisotopic (exact) mass is 429 g/mol. The van der Waals surface area contributed by atoms with E-state index in [1.165, 1.54) is 28.6 Å². The molecular formula is C19H24ClNO4S2. The first kappa shape index (κ1) is 21.9. The summed E-state index contributed by atoms with van der Waals surface area (Å²) in [4.78, 5) is 0.396. The molecule has 0 aliphatic rings. The van der Waals surface area contributed by atoms with Gasteiger partial charge in [-0.25, -0.2) is 16.8 Å². The highest BCUT2D eigenvalue weighted by Gasteiger charge is 2.30. The molecule has 0 amide bonds. The predicted molar refractivity (Wildman–Crippen MR) is 108 cm³/mol. The van der Waals surface area contributed by atoms with Crippen molar-refractivity contribution in [2.75, 3.05) is 6.26 Å². The van der Waals surface area contributed by atoms with Crippen LogP contribution in [-0.4, -0.2) is 33.4 Å². The van der Waals surface area contributed by atoms with E-state index < -0.39 is 19.9 Å². The third-order valence-electron chi connectivity index (χ3n) is 4.46. The van der Waals surface area contributed by atoms with Gasteiger partial charge in [0.1, 0.15) is 0 Å². The lowest BCUT2D eigenvalue weighted by Crippen LogP contribution is -2.39. The largest absolute Gasteiger partial charge is 0.243 e. The van der Waals surface area contributed by atoms with Crippen LogP contribution >= 0.6 is 11.6 Å². The highest BCUT2D eigenvalue weighted by atomic mass is 35.5. The second-order valence-electron chi connectivity index (χ2n) is 6.39. The molecule has 0 atom stereocenters. The van der Waals surface area contributed by atoms with Gasteiger partial charge in [-0.2, -0.15) is 4.31 Å². The van der Waals surface area contributed by atoms with Crippen LogP contribution in [-0.2, 0) is 26.4 Å². The van der Waals surface area contributed by atoms with Gasteiger partial charge in [0.05, 0.1) is 9.79 Å². The molecule has 0 radical (unpaired) electrons. The molecule has 2 rings (SSSR count). The van der Waals surface area contributed by atoms with Crippen molar-refractivity contribution < 1.29 is 16.8 Å². The van der Waals surface area contributed by atoms with Crippen LogP contribution in [0.4, 0.5) is 0 Å². The summed E-state index contributed by atoms with van der Waals surface area (Å²) in [7, 11) is -7.02. The second-order valence-corrected chi connectivity index (χ2v) is 10.7. The van der Waals surface area contributed by atoms with E-state index in [0.717, 1.165) is 11.8 Å². The molecule has 8 heteroatoms. The zero-order chi connectivity index (χ0) is 20.2. The summed E-state index contributed by atoms with van der Waals surface area (Å²) < 4.78 is 51.2. The summed E-state index contributed by atoms with van der Waals surface area (Å²) in [6.07, 6.45) is 2.49.